The van der Waals surface area contributed by atoms with E-state index in [1.165, 1.54) is 25.3 Å². The summed E-state index contributed by atoms with van der Waals surface area (Å²) < 4.78 is 29.4. The number of fused-ring (bicyclic) bond motifs is 1. The zero-order valence-corrected chi connectivity index (χ0v) is 20.1. The van der Waals surface area contributed by atoms with Gasteiger partial charge >= 0.3 is 0 Å². The first-order valence-electron chi connectivity index (χ1n) is 11.0. The smallest absolute Gasteiger partial charge is 0.238 e. The van der Waals surface area contributed by atoms with Gasteiger partial charge in [-0.2, -0.15) is 0 Å². The first-order chi connectivity index (χ1) is 17.2. The van der Waals surface area contributed by atoms with Crippen LogP contribution >= 0.6 is 0 Å². The maximum Gasteiger partial charge on any atom is 0.238 e. The van der Waals surface area contributed by atoms with E-state index in [9.17, 15) is 13.2 Å². The van der Waals surface area contributed by atoms with Crippen molar-refractivity contribution >= 4 is 33.1 Å². The molecule has 5 N–H and O–H groups in total. The molecule has 4 aromatic rings. The summed E-state index contributed by atoms with van der Waals surface area (Å²) in [5, 5.41) is 8.78. The molecule has 1 amide bonds. The number of rotatable bonds is 5. The van der Waals surface area contributed by atoms with Gasteiger partial charge < -0.3 is 20.4 Å². The molecule has 1 aliphatic heterocycles. The predicted octanol–water partition coefficient (Wildman–Crippen LogP) is 2.42. The van der Waals surface area contributed by atoms with Crippen LogP contribution in [0.5, 0.6) is 0 Å². The van der Waals surface area contributed by atoms with Crippen molar-refractivity contribution < 1.29 is 17.6 Å². The number of carbonyl (C=O) groups excluding carboxylic acids is 1. The van der Waals surface area contributed by atoms with Crippen LogP contribution in [0.2, 0.25) is 0 Å². The highest BCUT2D eigenvalue weighted by molar-refractivity contribution is 7.89. The van der Waals surface area contributed by atoms with E-state index in [0.717, 1.165) is 16.8 Å². The van der Waals surface area contributed by atoms with Gasteiger partial charge in [-0.25, -0.2) is 18.5 Å². The molecule has 5 rings (SSSR count). The van der Waals surface area contributed by atoms with Crippen molar-refractivity contribution in [3.8, 4) is 11.1 Å². The van der Waals surface area contributed by atoms with Crippen LogP contribution in [0.15, 0.2) is 99.4 Å². The first-order valence-corrected chi connectivity index (χ1v) is 12.6. The van der Waals surface area contributed by atoms with Crippen molar-refractivity contribution in [1.82, 2.24) is 0 Å². The fourth-order valence-corrected chi connectivity index (χ4v) is 4.75. The van der Waals surface area contributed by atoms with E-state index in [1.807, 2.05) is 53.4 Å². The molecule has 2 heterocycles. The van der Waals surface area contributed by atoms with Crippen LogP contribution < -0.4 is 31.9 Å². The lowest BCUT2D eigenvalue weighted by atomic mass is 10.0. The minimum Gasteiger partial charge on any atom is -0.446 e. The average molecular weight is 502 g/mol. The number of nitrogens with one attached hydrogen (secondary N) is 1. The van der Waals surface area contributed by atoms with Crippen LogP contribution in [-0.2, 0) is 14.8 Å². The molecule has 182 valence electrons. The fourth-order valence-electron chi connectivity index (χ4n) is 4.18. The molecular weight excluding hydrogens is 478 g/mol. The van der Waals surface area contributed by atoms with Crippen LogP contribution in [0, 0.1) is 0 Å². The molecule has 0 saturated heterocycles. The Labute approximate surface area is 207 Å². The molecule has 0 aliphatic carbocycles. The third kappa shape index (κ3) is 4.47. The number of hydrogen-bond acceptors (Lipinski definition) is 7. The molecule has 1 unspecified atom stereocenters. The minimum atomic E-state index is -3.90. The van der Waals surface area contributed by atoms with E-state index in [1.54, 1.807) is 18.2 Å². The second-order valence-electron chi connectivity index (χ2n) is 8.32. The van der Waals surface area contributed by atoms with Crippen LogP contribution in [0.3, 0.4) is 0 Å². The highest BCUT2D eigenvalue weighted by Crippen LogP contribution is 2.34. The molecule has 0 bridgehead atoms. The number of benzene rings is 3. The summed E-state index contributed by atoms with van der Waals surface area (Å²) in [4.78, 5) is 17.9. The van der Waals surface area contributed by atoms with Gasteiger partial charge in [0.2, 0.25) is 21.5 Å². The second kappa shape index (κ2) is 8.99. The third-order valence-electron chi connectivity index (χ3n) is 5.81. The van der Waals surface area contributed by atoms with E-state index >= 15 is 0 Å². The molecular formula is C26H23N5O4S. The Morgan fingerprint density at radius 1 is 1.00 bits per heavy atom. The van der Waals surface area contributed by atoms with Crippen LogP contribution in [-0.4, -0.2) is 14.3 Å². The number of furan rings is 1. The van der Waals surface area contributed by atoms with Gasteiger partial charge in [0.1, 0.15) is 5.82 Å². The number of sulfonamides is 1. The number of primary sulfonamides is 1. The van der Waals surface area contributed by atoms with Crippen LogP contribution in [0.25, 0.3) is 16.9 Å². The van der Waals surface area contributed by atoms with Crippen LogP contribution in [0.4, 0.5) is 11.4 Å². The normalized spacial score (nSPS) is 15.2. The summed E-state index contributed by atoms with van der Waals surface area (Å²) in [7, 11) is -3.90. The number of hydrogen-bond donors (Lipinski definition) is 3. The Balaban J connectivity index is 1.57. The van der Waals surface area contributed by atoms with Gasteiger partial charge in [0.05, 0.1) is 16.4 Å². The maximum atomic E-state index is 12.0. The molecule has 36 heavy (non-hydrogen) atoms. The summed E-state index contributed by atoms with van der Waals surface area (Å²) >= 11 is 0. The number of amides is 1. The fraction of sp³-hybridized carbons (Fsp3) is 0.0769. The van der Waals surface area contributed by atoms with Crippen molar-refractivity contribution in [2.24, 2.45) is 15.9 Å². The molecule has 0 saturated carbocycles. The monoisotopic (exact) mass is 501 g/mol. The van der Waals surface area contributed by atoms with Gasteiger partial charge in [0, 0.05) is 18.3 Å². The van der Waals surface area contributed by atoms with E-state index in [2.05, 4.69) is 5.32 Å². The molecule has 0 spiro atoms. The molecule has 1 aromatic heterocycles. The summed E-state index contributed by atoms with van der Waals surface area (Å²) in [6.07, 6.45) is 0.826. The van der Waals surface area contributed by atoms with E-state index in [4.69, 9.17) is 20.3 Å². The topological polar surface area (TPSA) is 144 Å². The molecule has 9 nitrogen and oxygen atoms in total. The summed E-state index contributed by atoms with van der Waals surface area (Å²) in [5.41, 5.74) is 10.8. The zero-order chi connectivity index (χ0) is 25.4. The summed E-state index contributed by atoms with van der Waals surface area (Å²) in [5.74, 6) is 0.277. The SMILES string of the molecule is CC(=O)Nc1cccc(-c2ccc(N3C(N)=c4ccoc4=NC3c3cccc(S(N)(=O)=O)c3)cc2)c1. The number of anilines is 2. The maximum absolute atomic E-state index is 12.0. The number of nitrogens with zero attached hydrogens (tertiary/aromatic N) is 2. The van der Waals surface area contributed by atoms with Gasteiger partial charge in [-0.1, -0.05) is 36.4 Å². The van der Waals surface area contributed by atoms with Crippen molar-refractivity contribution in [2.45, 2.75) is 18.0 Å². The largest absolute Gasteiger partial charge is 0.446 e. The Bertz CT molecular complexity index is 1690. The summed E-state index contributed by atoms with van der Waals surface area (Å²) in [6.45, 7) is 1.46. The quantitative estimate of drug-likeness (QED) is 0.383. The lowest BCUT2D eigenvalue weighted by Gasteiger charge is -2.33. The Morgan fingerprint density at radius 3 is 2.47 bits per heavy atom. The van der Waals surface area contributed by atoms with Gasteiger partial charge in [-0.3, -0.25) is 4.79 Å². The predicted molar refractivity (Wildman–Crippen MR) is 136 cm³/mol. The van der Waals surface area contributed by atoms with Gasteiger partial charge in [0.15, 0.2) is 6.17 Å². The highest BCUT2D eigenvalue weighted by Gasteiger charge is 2.28. The third-order valence-corrected chi connectivity index (χ3v) is 6.72. The van der Waals surface area contributed by atoms with E-state index < -0.39 is 16.2 Å². The van der Waals surface area contributed by atoms with Gasteiger partial charge in [-0.15, -0.1) is 0 Å². The molecule has 1 aliphatic rings. The first kappa shape index (κ1) is 23.3. The van der Waals surface area contributed by atoms with Crippen LogP contribution in [0.1, 0.15) is 18.7 Å². The van der Waals surface area contributed by atoms with Crippen molar-refractivity contribution in [3.05, 3.63) is 101 Å². The zero-order valence-electron chi connectivity index (χ0n) is 19.3. The minimum absolute atomic E-state index is 0.0200. The Kier molecular flexibility index (Phi) is 5.83. The molecule has 0 radical (unpaired) electrons. The van der Waals surface area contributed by atoms with Gasteiger partial charge in [0.25, 0.3) is 0 Å². The Morgan fingerprint density at radius 2 is 1.75 bits per heavy atom. The van der Waals surface area contributed by atoms with Gasteiger partial charge in [-0.05, 0) is 59.2 Å². The number of carbonyl (C=O) groups is 1. The lowest BCUT2D eigenvalue weighted by molar-refractivity contribution is -0.114. The molecule has 1 atom stereocenters. The van der Waals surface area contributed by atoms with Crippen molar-refractivity contribution in [2.75, 3.05) is 10.2 Å². The summed E-state index contributed by atoms with van der Waals surface area (Å²) in [6, 6.07) is 23.3. The molecule has 10 heteroatoms. The Hall–Kier alpha value is -4.41. The molecule has 3 aromatic carbocycles. The second-order valence-corrected chi connectivity index (χ2v) is 9.89. The molecule has 0 fully saturated rings. The number of nitrogens with two attached hydrogens (primary N) is 2. The average Bonchev–Trinajstić information content (AvgIpc) is 3.33. The lowest BCUT2D eigenvalue weighted by Crippen LogP contribution is -2.43. The highest BCUT2D eigenvalue weighted by atomic mass is 32.2. The standard InChI is InChI=1S/C26H23N5O4S/c1-16(32)29-20-6-2-4-18(14-20)17-8-10-21(11-9-17)31-24(27)23-12-13-35-26(23)30-25(31)19-5-3-7-22(15-19)36(28,33)34/h2-15,25H,27H2,1H3,(H,29,32)(H2,28,33,34). The van der Waals surface area contributed by atoms with E-state index in [-0.39, 0.29) is 10.8 Å². The van der Waals surface area contributed by atoms with E-state index in [0.29, 0.717) is 27.8 Å². The van der Waals surface area contributed by atoms with Crippen molar-refractivity contribution in [1.29, 1.82) is 0 Å². The van der Waals surface area contributed by atoms with Crippen molar-refractivity contribution in [3.63, 3.8) is 0 Å².